The van der Waals surface area contributed by atoms with Crippen LogP contribution in [0.15, 0.2) is 12.3 Å². The van der Waals surface area contributed by atoms with Crippen molar-refractivity contribution in [3.8, 4) is 0 Å². The lowest BCUT2D eigenvalue weighted by molar-refractivity contribution is 0.0365. The Hall–Kier alpha value is -1.40. The third kappa shape index (κ3) is 4.97. The number of rotatable bonds is 8. The second-order valence-corrected chi connectivity index (χ2v) is 3.49. The summed E-state index contributed by atoms with van der Waals surface area (Å²) in [5.41, 5.74) is 0. The van der Waals surface area contributed by atoms with E-state index in [1.54, 1.807) is 20.4 Å². The highest BCUT2D eigenvalue weighted by Crippen LogP contribution is 2.05. The summed E-state index contributed by atoms with van der Waals surface area (Å²) < 4.78 is 10.3. The maximum Gasteiger partial charge on any atom is 0.224 e. The fourth-order valence-electron chi connectivity index (χ4n) is 1.32. The van der Waals surface area contributed by atoms with Crippen molar-refractivity contribution >= 4 is 11.8 Å². The Bertz CT molecular complexity index is 322. The third-order valence-electron chi connectivity index (χ3n) is 2.19. The van der Waals surface area contributed by atoms with E-state index < -0.39 is 0 Å². The zero-order valence-electron chi connectivity index (χ0n) is 10.6. The minimum absolute atomic E-state index is 0.0116. The number of anilines is 2. The number of nitrogens with zero attached hydrogens (tertiary/aromatic N) is 2. The van der Waals surface area contributed by atoms with E-state index in [0.29, 0.717) is 19.1 Å². The van der Waals surface area contributed by atoms with Gasteiger partial charge in [-0.1, -0.05) is 0 Å². The molecule has 0 fully saturated rings. The van der Waals surface area contributed by atoms with Crippen molar-refractivity contribution in [3.05, 3.63) is 12.3 Å². The quantitative estimate of drug-likeness (QED) is 0.706. The van der Waals surface area contributed by atoms with Crippen molar-refractivity contribution in [1.29, 1.82) is 0 Å². The molecule has 0 aliphatic carbocycles. The van der Waals surface area contributed by atoms with Gasteiger partial charge in [-0.15, -0.1) is 0 Å². The minimum atomic E-state index is 0.0116. The van der Waals surface area contributed by atoms with Crippen molar-refractivity contribution in [2.45, 2.75) is 13.0 Å². The first-order valence-corrected chi connectivity index (χ1v) is 5.62. The summed E-state index contributed by atoms with van der Waals surface area (Å²) in [6, 6.07) is 1.82. The Morgan fingerprint density at radius 3 is 2.82 bits per heavy atom. The molecule has 0 aliphatic heterocycles. The summed E-state index contributed by atoms with van der Waals surface area (Å²) in [5.74, 6) is 1.40. The van der Waals surface area contributed by atoms with Gasteiger partial charge in [0.2, 0.25) is 5.95 Å². The van der Waals surface area contributed by atoms with E-state index in [1.165, 1.54) is 0 Å². The molecule has 1 rings (SSSR count). The fourth-order valence-corrected chi connectivity index (χ4v) is 1.32. The van der Waals surface area contributed by atoms with Crippen molar-refractivity contribution in [2.75, 3.05) is 44.5 Å². The van der Waals surface area contributed by atoms with Crippen LogP contribution < -0.4 is 10.6 Å². The average molecular weight is 240 g/mol. The molecule has 17 heavy (non-hydrogen) atoms. The zero-order chi connectivity index (χ0) is 12.5. The Labute approximate surface area is 102 Å². The van der Waals surface area contributed by atoms with Gasteiger partial charge in [-0.25, -0.2) is 4.98 Å². The van der Waals surface area contributed by atoms with E-state index in [9.17, 15) is 0 Å². The van der Waals surface area contributed by atoms with E-state index in [4.69, 9.17) is 9.47 Å². The molecule has 6 heteroatoms. The van der Waals surface area contributed by atoms with E-state index in [2.05, 4.69) is 20.6 Å². The standard InChI is InChI=1S/C11H20N4O2/c1-4-12-11-13-6-5-10(15-11)14-7-9(17-3)8-16-2/h5-6,9H,4,7-8H2,1-3H3,(H2,12,13,14,15). The van der Waals surface area contributed by atoms with E-state index in [-0.39, 0.29) is 6.10 Å². The molecule has 1 atom stereocenters. The largest absolute Gasteiger partial charge is 0.382 e. The van der Waals surface area contributed by atoms with Crippen molar-refractivity contribution in [2.24, 2.45) is 0 Å². The average Bonchev–Trinajstić information content (AvgIpc) is 2.35. The van der Waals surface area contributed by atoms with Crippen LogP contribution >= 0.6 is 0 Å². The maximum atomic E-state index is 5.24. The van der Waals surface area contributed by atoms with Gasteiger partial charge in [0.15, 0.2) is 0 Å². The van der Waals surface area contributed by atoms with E-state index in [0.717, 1.165) is 12.4 Å². The van der Waals surface area contributed by atoms with Crippen LogP contribution in [0.3, 0.4) is 0 Å². The van der Waals surface area contributed by atoms with Gasteiger partial charge in [0, 0.05) is 33.5 Å². The molecule has 96 valence electrons. The summed E-state index contributed by atoms with van der Waals surface area (Å²) in [6.07, 6.45) is 1.73. The smallest absolute Gasteiger partial charge is 0.224 e. The molecule has 0 aromatic carbocycles. The van der Waals surface area contributed by atoms with Gasteiger partial charge in [0.1, 0.15) is 5.82 Å². The van der Waals surface area contributed by atoms with Gasteiger partial charge >= 0.3 is 0 Å². The number of hydrogen-bond acceptors (Lipinski definition) is 6. The normalized spacial score (nSPS) is 12.2. The highest BCUT2D eigenvalue weighted by molar-refractivity contribution is 5.39. The van der Waals surface area contributed by atoms with Crippen LogP contribution in [0.5, 0.6) is 0 Å². The molecule has 1 unspecified atom stereocenters. The summed E-state index contributed by atoms with van der Waals surface area (Å²) >= 11 is 0. The van der Waals surface area contributed by atoms with Crippen LogP contribution in [0.4, 0.5) is 11.8 Å². The lowest BCUT2D eigenvalue weighted by Crippen LogP contribution is -2.27. The van der Waals surface area contributed by atoms with Gasteiger partial charge in [0.25, 0.3) is 0 Å². The van der Waals surface area contributed by atoms with Crippen LogP contribution in [-0.2, 0) is 9.47 Å². The van der Waals surface area contributed by atoms with Gasteiger partial charge in [-0.05, 0) is 13.0 Å². The molecular weight excluding hydrogens is 220 g/mol. The van der Waals surface area contributed by atoms with Crippen molar-refractivity contribution in [1.82, 2.24) is 9.97 Å². The number of aromatic nitrogens is 2. The molecule has 0 saturated carbocycles. The first-order chi connectivity index (χ1) is 8.30. The Kier molecular flexibility index (Phi) is 6.27. The molecule has 0 amide bonds. The van der Waals surface area contributed by atoms with Gasteiger partial charge in [0.05, 0.1) is 12.7 Å². The van der Waals surface area contributed by atoms with Crippen LogP contribution in [-0.4, -0.2) is 50.0 Å². The highest BCUT2D eigenvalue weighted by Gasteiger charge is 2.06. The summed E-state index contributed by atoms with van der Waals surface area (Å²) in [4.78, 5) is 8.39. The topological polar surface area (TPSA) is 68.3 Å². The molecule has 6 nitrogen and oxygen atoms in total. The number of ether oxygens (including phenoxy) is 2. The highest BCUT2D eigenvalue weighted by atomic mass is 16.5. The zero-order valence-corrected chi connectivity index (χ0v) is 10.6. The molecule has 1 aromatic heterocycles. The van der Waals surface area contributed by atoms with Crippen LogP contribution in [0.1, 0.15) is 6.92 Å². The fraction of sp³-hybridized carbons (Fsp3) is 0.636. The summed E-state index contributed by atoms with van der Waals surface area (Å²) in [7, 11) is 3.31. The number of nitrogens with one attached hydrogen (secondary N) is 2. The Morgan fingerprint density at radius 2 is 2.18 bits per heavy atom. The molecule has 1 heterocycles. The van der Waals surface area contributed by atoms with Gasteiger partial charge < -0.3 is 20.1 Å². The summed E-state index contributed by atoms with van der Waals surface area (Å²) in [6.45, 7) is 4.00. The molecule has 0 spiro atoms. The lowest BCUT2D eigenvalue weighted by atomic mass is 10.3. The van der Waals surface area contributed by atoms with Gasteiger partial charge in [-0.3, -0.25) is 0 Å². The van der Waals surface area contributed by atoms with Crippen molar-refractivity contribution in [3.63, 3.8) is 0 Å². The van der Waals surface area contributed by atoms with E-state index in [1.807, 2.05) is 13.0 Å². The number of hydrogen-bond donors (Lipinski definition) is 2. The predicted octanol–water partition coefficient (Wildman–Crippen LogP) is 0.982. The molecule has 1 aromatic rings. The maximum absolute atomic E-state index is 5.24. The van der Waals surface area contributed by atoms with Crippen LogP contribution in [0.25, 0.3) is 0 Å². The molecule has 0 bridgehead atoms. The van der Waals surface area contributed by atoms with Gasteiger partial charge in [-0.2, -0.15) is 4.98 Å². The SMILES string of the molecule is CCNc1nccc(NCC(COC)OC)n1. The Morgan fingerprint density at radius 1 is 1.35 bits per heavy atom. The third-order valence-corrected chi connectivity index (χ3v) is 2.19. The first kappa shape index (κ1) is 13.7. The molecule has 2 N–H and O–H groups in total. The molecule has 0 aliphatic rings. The van der Waals surface area contributed by atoms with Crippen LogP contribution in [0, 0.1) is 0 Å². The number of methoxy groups -OCH3 is 2. The van der Waals surface area contributed by atoms with Crippen LogP contribution in [0.2, 0.25) is 0 Å². The second kappa shape index (κ2) is 7.81. The molecular formula is C11H20N4O2. The monoisotopic (exact) mass is 240 g/mol. The first-order valence-electron chi connectivity index (χ1n) is 5.62. The van der Waals surface area contributed by atoms with Crippen molar-refractivity contribution < 1.29 is 9.47 Å². The second-order valence-electron chi connectivity index (χ2n) is 3.49. The molecule has 0 saturated heterocycles. The Balaban J connectivity index is 2.47. The molecule has 0 radical (unpaired) electrons. The predicted molar refractivity (Wildman–Crippen MR) is 67.4 cm³/mol. The minimum Gasteiger partial charge on any atom is -0.382 e. The lowest BCUT2D eigenvalue weighted by Gasteiger charge is -2.15. The summed E-state index contributed by atoms with van der Waals surface area (Å²) in [5, 5.41) is 6.24. The van der Waals surface area contributed by atoms with E-state index >= 15 is 0 Å².